The number of aliphatic hydroxyl groups excluding tert-OH is 1. The quantitative estimate of drug-likeness (QED) is 0.695. The summed E-state index contributed by atoms with van der Waals surface area (Å²) in [5.74, 6) is -0.433. The Kier molecular flexibility index (Phi) is 4.81. The lowest BCUT2D eigenvalue weighted by Gasteiger charge is -2.13. The van der Waals surface area contributed by atoms with Crippen LogP contribution in [0.25, 0.3) is 10.9 Å². The van der Waals surface area contributed by atoms with Crippen LogP contribution in [0.2, 0.25) is 0 Å². The lowest BCUT2D eigenvalue weighted by atomic mass is 10.1. The molecule has 0 aliphatic carbocycles. The molecule has 0 saturated carbocycles. The van der Waals surface area contributed by atoms with E-state index in [0.717, 1.165) is 5.56 Å². The molecule has 1 heterocycles. The molecule has 128 valence electrons. The Hall–Kier alpha value is -3.12. The van der Waals surface area contributed by atoms with E-state index in [-0.39, 0.29) is 18.1 Å². The van der Waals surface area contributed by atoms with E-state index >= 15 is 0 Å². The van der Waals surface area contributed by atoms with Gasteiger partial charge in [0.1, 0.15) is 23.6 Å². The SMILES string of the molecule is COC(=O)c1cc(O)c2c(CO)ccc(OCc3ccccc3)c2n1. The molecule has 1 aromatic heterocycles. The summed E-state index contributed by atoms with van der Waals surface area (Å²) in [5, 5.41) is 20.2. The highest BCUT2D eigenvalue weighted by Crippen LogP contribution is 2.34. The summed E-state index contributed by atoms with van der Waals surface area (Å²) >= 11 is 0. The fourth-order valence-corrected chi connectivity index (χ4v) is 2.56. The first-order chi connectivity index (χ1) is 12.1. The third kappa shape index (κ3) is 3.39. The molecule has 6 heteroatoms. The van der Waals surface area contributed by atoms with E-state index in [1.165, 1.54) is 13.2 Å². The molecule has 25 heavy (non-hydrogen) atoms. The molecule has 0 spiro atoms. The normalized spacial score (nSPS) is 10.6. The van der Waals surface area contributed by atoms with Crippen LogP contribution in [0.5, 0.6) is 11.5 Å². The number of rotatable bonds is 5. The Morgan fingerprint density at radius 3 is 2.60 bits per heavy atom. The summed E-state index contributed by atoms with van der Waals surface area (Å²) in [7, 11) is 1.24. The van der Waals surface area contributed by atoms with Crippen molar-refractivity contribution in [2.45, 2.75) is 13.2 Å². The number of benzene rings is 2. The van der Waals surface area contributed by atoms with E-state index in [0.29, 0.717) is 28.8 Å². The minimum absolute atomic E-state index is 0.0350. The summed E-state index contributed by atoms with van der Waals surface area (Å²) in [6.07, 6.45) is 0. The first-order valence-corrected chi connectivity index (χ1v) is 7.65. The van der Waals surface area contributed by atoms with Crippen LogP contribution in [0.4, 0.5) is 0 Å². The van der Waals surface area contributed by atoms with Gasteiger partial charge in [-0.25, -0.2) is 9.78 Å². The summed E-state index contributed by atoms with van der Waals surface area (Å²) in [5.41, 5.74) is 1.72. The van der Waals surface area contributed by atoms with Gasteiger partial charge in [-0.1, -0.05) is 36.4 Å². The molecule has 0 amide bonds. The molecule has 0 bridgehead atoms. The van der Waals surface area contributed by atoms with E-state index in [2.05, 4.69) is 9.72 Å². The maximum Gasteiger partial charge on any atom is 0.356 e. The molecule has 2 aromatic carbocycles. The van der Waals surface area contributed by atoms with Crippen molar-refractivity contribution < 1.29 is 24.5 Å². The number of hydrogen-bond acceptors (Lipinski definition) is 6. The highest BCUT2D eigenvalue weighted by molar-refractivity contribution is 5.97. The lowest BCUT2D eigenvalue weighted by Crippen LogP contribution is -2.06. The van der Waals surface area contributed by atoms with Crippen molar-refractivity contribution >= 4 is 16.9 Å². The summed E-state index contributed by atoms with van der Waals surface area (Å²) < 4.78 is 10.5. The molecule has 0 aliphatic rings. The van der Waals surface area contributed by atoms with Crippen LogP contribution in [-0.2, 0) is 18.0 Å². The Morgan fingerprint density at radius 1 is 1.16 bits per heavy atom. The van der Waals surface area contributed by atoms with Crippen LogP contribution in [-0.4, -0.2) is 28.3 Å². The average Bonchev–Trinajstić information content (AvgIpc) is 2.66. The van der Waals surface area contributed by atoms with Gasteiger partial charge in [0.15, 0.2) is 5.69 Å². The standard InChI is InChI=1S/C19H17NO5/c1-24-19(23)14-9-15(22)17-13(10-21)7-8-16(18(17)20-14)25-11-12-5-3-2-4-6-12/h2-9,21H,10-11H2,1H3,(H,20,22). The fraction of sp³-hybridized carbons (Fsp3) is 0.158. The van der Waals surface area contributed by atoms with Crippen LogP contribution in [0.3, 0.4) is 0 Å². The fourth-order valence-electron chi connectivity index (χ4n) is 2.56. The summed E-state index contributed by atoms with van der Waals surface area (Å²) in [6.45, 7) is 0.0293. The smallest absolute Gasteiger partial charge is 0.356 e. The van der Waals surface area contributed by atoms with E-state index < -0.39 is 5.97 Å². The van der Waals surface area contributed by atoms with Gasteiger partial charge < -0.3 is 19.7 Å². The van der Waals surface area contributed by atoms with E-state index in [4.69, 9.17) is 4.74 Å². The number of aromatic nitrogens is 1. The zero-order chi connectivity index (χ0) is 17.8. The number of aromatic hydroxyl groups is 1. The molecule has 2 N–H and O–H groups in total. The number of carbonyl (C=O) groups is 1. The van der Waals surface area contributed by atoms with Gasteiger partial charge in [-0.3, -0.25) is 0 Å². The summed E-state index contributed by atoms with van der Waals surface area (Å²) in [6, 6.07) is 14.1. The van der Waals surface area contributed by atoms with Crippen molar-refractivity contribution in [3.63, 3.8) is 0 Å². The molecule has 0 aliphatic heterocycles. The highest BCUT2D eigenvalue weighted by Gasteiger charge is 2.17. The third-order valence-corrected chi connectivity index (χ3v) is 3.79. The molecule has 3 rings (SSSR count). The Morgan fingerprint density at radius 2 is 1.92 bits per heavy atom. The van der Waals surface area contributed by atoms with Gasteiger partial charge >= 0.3 is 5.97 Å². The van der Waals surface area contributed by atoms with Gasteiger partial charge in [0, 0.05) is 6.07 Å². The predicted molar refractivity (Wildman–Crippen MR) is 91.4 cm³/mol. The average molecular weight is 339 g/mol. The number of aliphatic hydroxyl groups is 1. The first kappa shape index (κ1) is 16.7. The number of methoxy groups -OCH3 is 1. The zero-order valence-electron chi connectivity index (χ0n) is 13.6. The number of pyridine rings is 1. The maximum atomic E-state index is 11.8. The Bertz CT molecular complexity index is 909. The molecule has 0 saturated heterocycles. The van der Waals surface area contributed by atoms with Gasteiger partial charge in [-0.05, 0) is 17.2 Å². The monoisotopic (exact) mass is 339 g/mol. The van der Waals surface area contributed by atoms with Crippen molar-refractivity contribution in [3.05, 3.63) is 65.4 Å². The number of carbonyl (C=O) groups excluding carboxylic acids is 1. The predicted octanol–water partition coefficient (Wildman–Crippen LogP) is 2.80. The van der Waals surface area contributed by atoms with Crippen LogP contribution in [0.15, 0.2) is 48.5 Å². The van der Waals surface area contributed by atoms with E-state index in [1.807, 2.05) is 30.3 Å². The highest BCUT2D eigenvalue weighted by atomic mass is 16.5. The second-order valence-corrected chi connectivity index (χ2v) is 5.40. The number of hydrogen-bond donors (Lipinski definition) is 2. The van der Waals surface area contributed by atoms with Crippen LogP contribution in [0.1, 0.15) is 21.6 Å². The van der Waals surface area contributed by atoms with Gasteiger partial charge in [-0.2, -0.15) is 0 Å². The van der Waals surface area contributed by atoms with E-state index in [1.54, 1.807) is 12.1 Å². The zero-order valence-corrected chi connectivity index (χ0v) is 13.6. The minimum Gasteiger partial charge on any atom is -0.507 e. The number of esters is 1. The van der Waals surface area contributed by atoms with Crippen LogP contribution < -0.4 is 4.74 Å². The van der Waals surface area contributed by atoms with Crippen LogP contribution >= 0.6 is 0 Å². The molecular formula is C19H17NO5. The molecule has 6 nitrogen and oxygen atoms in total. The van der Waals surface area contributed by atoms with Crippen molar-refractivity contribution in [3.8, 4) is 11.5 Å². The molecule has 3 aromatic rings. The Balaban J connectivity index is 2.08. The second-order valence-electron chi connectivity index (χ2n) is 5.40. The van der Waals surface area contributed by atoms with Gasteiger partial charge in [-0.15, -0.1) is 0 Å². The topological polar surface area (TPSA) is 88.9 Å². The molecule has 0 atom stereocenters. The van der Waals surface area contributed by atoms with Gasteiger partial charge in [0.2, 0.25) is 0 Å². The minimum atomic E-state index is -0.666. The molecular weight excluding hydrogens is 322 g/mol. The largest absolute Gasteiger partial charge is 0.507 e. The van der Waals surface area contributed by atoms with Crippen molar-refractivity contribution in [2.75, 3.05) is 7.11 Å². The van der Waals surface area contributed by atoms with Crippen LogP contribution in [0, 0.1) is 0 Å². The van der Waals surface area contributed by atoms with E-state index in [9.17, 15) is 15.0 Å². The third-order valence-electron chi connectivity index (χ3n) is 3.79. The first-order valence-electron chi connectivity index (χ1n) is 7.65. The van der Waals surface area contributed by atoms with Gasteiger partial charge in [0.05, 0.1) is 19.1 Å². The van der Waals surface area contributed by atoms with Crippen molar-refractivity contribution in [1.29, 1.82) is 0 Å². The number of ether oxygens (including phenoxy) is 2. The number of fused-ring (bicyclic) bond motifs is 1. The van der Waals surface area contributed by atoms with Gasteiger partial charge in [0.25, 0.3) is 0 Å². The summed E-state index contributed by atoms with van der Waals surface area (Å²) in [4.78, 5) is 16.0. The molecule has 0 unspecified atom stereocenters. The van der Waals surface area contributed by atoms with Crippen molar-refractivity contribution in [1.82, 2.24) is 4.98 Å². The lowest BCUT2D eigenvalue weighted by molar-refractivity contribution is 0.0594. The second kappa shape index (κ2) is 7.19. The Labute approximate surface area is 144 Å². The maximum absolute atomic E-state index is 11.8. The number of nitrogens with zero attached hydrogens (tertiary/aromatic N) is 1. The molecule has 0 fully saturated rings. The molecule has 0 radical (unpaired) electrons. The van der Waals surface area contributed by atoms with Crippen molar-refractivity contribution in [2.24, 2.45) is 0 Å².